The van der Waals surface area contributed by atoms with Gasteiger partial charge in [0.25, 0.3) is 0 Å². The summed E-state index contributed by atoms with van der Waals surface area (Å²) in [7, 11) is 0. The predicted octanol–water partition coefficient (Wildman–Crippen LogP) is 3.97. The lowest BCUT2D eigenvalue weighted by atomic mass is 10.2. The van der Waals surface area contributed by atoms with E-state index < -0.39 is 0 Å². The van der Waals surface area contributed by atoms with Gasteiger partial charge in [0.2, 0.25) is 0 Å². The van der Waals surface area contributed by atoms with E-state index in [1.54, 1.807) is 17.4 Å². The molecule has 0 amide bonds. The van der Waals surface area contributed by atoms with Gasteiger partial charge >= 0.3 is 0 Å². The summed E-state index contributed by atoms with van der Waals surface area (Å²) in [4.78, 5) is 0. The van der Waals surface area contributed by atoms with Gasteiger partial charge in [-0.3, -0.25) is 0 Å². The van der Waals surface area contributed by atoms with Crippen molar-refractivity contribution in [1.82, 2.24) is 0 Å². The topological polar surface area (TPSA) is 20.2 Å². The Labute approximate surface area is 95.7 Å². The van der Waals surface area contributed by atoms with Crippen molar-refractivity contribution in [2.45, 2.75) is 0 Å². The van der Waals surface area contributed by atoms with Crippen LogP contribution in [0.25, 0.3) is 10.1 Å². The zero-order valence-electron chi connectivity index (χ0n) is 5.84. The Morgan fingerprint density at radius 1 is 1.50 bits per heavy atom. The first-order valence-corrected chi connectivity index (χ1v) is 5.99. The zero-order valence-corrected chi connectivity index (χ0v) is 10.4. The molecule has 1 N–H and O–H groups in total. The van der Waals surface area contributed by atoms with Crippen LogP contribution in [0.15, 0.2) is 22.0 Å². The van der Waals surface area contributed by atoms with Crippen LogP contribution in [0.2, 0.25) is 0 Å². The van der Waals surface area contributed by atoms with E-state index in [0.29, 0.717) is 5.75 Å². The van der Waals surface area contributed by atoms with E-state index in [1.165, 1.54) is 4.70 Å². The van der Waals surface area contributed by atoms with Gasteiger partial charge in [-0.2, -0.15) is 0 Å². The predicted molar refractivity (Wildman–Crippen MR) is 63.9 cm³/mol. The molecular formula is C8H4BrIOS. The third-order valence-electron chi connectivity index (χ3n) is 1.61. The molecule has 1 aromatic carbocycles. The lowest BCUT2D eigenvalue weighted by molar-refractivity contribution is 0.472. The van der Waals surface area contributed by atoms with Gasteiger partial charge in [-0.05, 0) is 56.0 Å². The summed E-state index contributed by atoms with van der Waals surface area (Å²) in [5, 5.41) is 12.6. The first-order chi connectivity index (χ1) is 5.70. The van der Waals surface area contributed by atoms with Crippen LogP contribution in [-0.4, -0.2) is 5.11 Å². The van der Waals surface area contributed by atoms with E-state index in [1.807, 2.05) is 11.4 Å². The normalized spacial score (nSPS) is 10.8. The van der Waals surface area contributed by atoms with Crippen molar-refractivity contribution in [1.29, 1.82) is 0 Å². The Balaban J connectivity index is 2.97. The molecular weight excluding hydrogens is 351 g/mol. The fourth-order valence-electron chi connectivity index (χ4n) is 1.05. The lowest BCUT2D eigenvalue weighted by Crippen LogP contribution is -1.75. The quantitative estimate of drug-likeness (QED) is 0.709. The molecule has 0 atom stereocenters. The molecule has 0 saturated carbocycles. The third kappa shape index (κ3) is 1.25. The second-order valence-electron chi connectivity index (χ2n) is 2.35. The average molecular weight is 355 g/mol. The maximum absolute atomic E-state index is 9.48. The van der Waals surface area contributed by atoms with E-state index in [9.17, 15) is 5.11 Å². The summed E-state index contributed by atoms with van der Waals surface area (Å²) in [6.45, 7) is 0. The second-order valence-corrected chi connectivity index (χ2v) is 5.20. The van der Waals surface area contributed by atoms with Gasteiger partial charge < -0.3 is 5.11 Å². The van der Waals surface area contributed by atoms with Gasteiger partial charge in [0, 0.05) is 14.6 Å². The summed E-state index contributed by atoms with van der Waals surface area (Å²) in [6.07, 6.45) is 0. The van der Waals surface area contributed by atoms with Crippen molar-refractivity contribution in [2.75, 3.05) is 0 Å². The number of phenols is 1. The lowest BCUT2D eigenvalue weighted by Gasteiger charge is -2.00. The summed E-state index contributed by atoms with van der Waals surface area (Å²) >= 11 is 7.23. The maximum Gasteiger partial charge on any atom is 0.130 e. The standard InChI is InChI=1S/C8H4BrIOS/c9-5-3-6(11)7(10)4-1-2-12-8(4)5/h1-3,11H. The molecule has 2 aromatic rings. The first-order valence-electron chi connectivity index (χ1n) is 3.24. The van der Waals surface area contributed by atoms with Gasteiger partial charge in [-0.1, -0.05) is 0 Å². The van der Waals surface area contributed by atoms with Crippen LogP contribution in [0.3, 0.4) is 0 Å². The fourth-order valence-corrected chi connectivity index (χ4v) is 3.36. The Morgan fingerprint density at radius 2 is 2.25 bits per heavy atom. The van der Waals surface area contributed by atoms with Crippen molar-refractivity contribution in [3.05, 3.63) is 25.6 Å². The minimum absolute atomic E-state index is 0.341. The highest BCUT2D eigenvalue weighted by atomic mass is 127. The van der Waals surface area contributed by atoms with Gasteiger partial charge in [-0.15, -0.1) is 11.3 Å². The molecule has 0 radical (unpaired) electrons. The fraction of sp³-hybridized carbons (Fsp3) is 0. The maximum atomic E-state index is 9.48. The third-order valence-corrected chi connectivity index (χ3v) is 4.58. The highest BCUT2D eigenvalue weighted by molar-refractivity contribution is 14.1. The highest BCUT2D eigenvalue weighted by Crippen LogP contribution is 2.37. The molecule has 0 aliphatic rings. The number of aromatic hydroxyl groups is 1. The molecule has 0 unspecified atom stereocenters. The largest absolute Gasteiger partial charge is 0.507 e. The summed E-state index contributed by atoms with van der Waals surface area (Å²) in [5.41, 5.74) is 0. The molecule has 0 spiro atoms. The van der Waals surface area contributed by atoms with E-state index in [4.69, 9.17) is 0 Å². The number of rotatable bonds is 0. The van der Waals surface area contributed by atoms with E-state index >= 15 is 0 Å². The molecule has 1 aromatic heterocycles. The SMILES string of the molecule is Oc1cc(Br)c2sccc2c1I. The number of thiophene rings is 1. The highest BCUT2D eigenvalue weighted by Gasteiger charge is 2.08. The van der Waals surface area contributed by atoms with Crippen LogP contribution in [-0.2, 0) is 0 Å². The van der Waals surface area contributed by atoms with Crippen molar-refractivity contribution in [3.63, 3.8) is 0 Å². The minimum Gasteiger partial charge on any atom is -0.507 e. The summed E-state index contributed by atoms with van der Waals surface area (Å²) in [5.74, 6) is 0.341. The molecule has 1 nitrogen and oxygen atoms in total. The van der Waals surface area contributed by atoms with E-state index in [0.717, 1.165) is 13.4 Å². The van der Waals surface area contributed by atoms with Crippen LogP contribution in [0.4, 0.5) is 0 Å². The number of phenolic OH excluding ortho intramolecular Hbond substituents is 1. The summed E-state index contributed by atoms with van der Waals surface area (Å²) in [6, 6.07) is 3.76. The molecule has 0 saturated heterocycles. The van der Waals surface area contributed by atoms with Crippen LogP contribution in [0, 0.1) is 3.57 Å². The van der Waals surface area contributed by atoms with E-state index in [2.05, 4.69) is 38.5 Å². The number of hydrogen-bond acceptors (Lipinski definition) is 2. The monoisotopic (exact) mass is 354 g/mol. The number of fused-ring (bicyclic) bond motifs is 1. The molecule has 0 fully saturated rings. The van der Waals surface area contributed by atoms with Gasteiger partial charge in [-0.25, -0.2) is 0 Å². The molecule has 2 rings (SSSR count). The number of benzene rings is 1. The second kappa shape index (κ2) is 3.16. The van der Waals surface area contributed by atoms with Crippen molar-refractivity contribution < 1.29 is 5.11 Å². The van der Waals surface area contributed by atoms with E-state index in [-0.39, 0.29) is 0 Å². The minimum atomic E-state index is 0.341. The Bertz CT molecular complexity index is 438. The molecule has 4 heteroatoms. The van der Waals surface area contributed by atoms with Crippen LogP contribution in [0.1, 0.15) is 0 Å². The Kier molecular flexibility index (Phi) is 2.31. The number of halogens is 2. The molecule has 0 aliphatic heterocycles. The molecule has 12 heavy (non-hydrogen) atoms. The van der Waals surface area contributed by atoms with Crippen LogP contribution < -0.4 is 0 Å². The van der Waals surface area contributed by atoms with Crippen molar-refractivity contribution in [3.8, 4) is 5.75 Å². The smallest absolute Gasteiger partial charge is 0.130 e. The molecule has 0 aliphatic carbocycles. The van der Waals surface area contributed by atoms with Crippen LogP contribution in [0.5, 0.6) is 5.75 Å². The van der Waals surface area contributed by atoms with Crippen LogP contribution >= 0.6 is 49.9 Å². The van der Waals surface area contributed by atoms with Gasteiger partial charge in [0.05, 0.1) is 3.57 Å². The molecule has 1 heterocycles. The van der Waals surface area contributed by atoms with Crippen molar-refractivity contribution in [2.24, 2.45) is 0 Å². The Morgan fingerprint density at radius 3 is 3.00 bits per heavy atom. The summed E-state index contributed by atoms with van der Waals surface area (Å²) < 4.78 is 3.08. The average Bonchev–Trinajstić information content (AvgIpc) is 2.48. The molecule has 0 bridgehead atoms. The first kappa shape index (κ1) is 8.77. The Hall–Kier alpha value is 0.190. The van der Waals surface area contributed by atoms with Crippen molar-refractivity contribution >= 4 is 59.9 Å². The zero-order chi connectivity index (χ0) is 8.72. The van der Waals surface area contributed by atoms with Gasteiger partial charge in [0.1, 0.15) is 5.75 Å². The van der Waals surface area contributed by atoms with Gasteiger partial charge in [0.15, 0.2) is 0 Å². The number of hydrogen-bond donors (Lipinski definition) is 1. The molecule has 62 valence electrons.